The molecule has 26 heavy (non-hydrogen) atoms. The minimum Gasteiger partial charge on any atom is -0.748 e. The van der Waals surface area contributed by atoms with Crippen molar-refractivity contribution in [3.05, 3.63) is 0 Å². The van der Waals surface area contributed by atoms with E-state index in [0.29, 0.717) is 12.8 Å². The SMILES string of the molecule is CCCCC(CCCCCCCCCCCCC(O)CC)S(=O)(=O)[O-].[Na+]. The summed E-state index contributed by atoms with van der Waals surface area (Å²) in [5, 5.41) is 8.80. The molecule has 2 unspecified atom stereocenters. The predicted molar refractivity (Wildman–Crippen MR) is 105 cm³/mol. The van der Waals surface area contributed by atoms with Crippen molar-refractivity contribution in [2.75, 3.05) is 0 Å². The molecule has 152 valence electrons. The molecule has 0 amide bonds. The first-order valence-electron chi connectivity index (χ1n) is 10.5. The van der Waals surface area contributed by atoms with Gasteiger partial charge < -0.3 is 9.66 Å². The normalized spacial score (nSPS) is 14.0. The molecule has 1 N–H and O–H groups in total. The molecule has 0 saturated carbocycles. The van der Waals surface area contributed by atoms with Crippen LogP contribution in [0.1, 0.15) is 117 Å². The standard InChI is InChI=1S/C20H42O4S.Na/c1-3-5-17-20(25(22,23)24)18-15-13-11-9-7-6-8-10-12-14-16-19(21)4-2;/h19-21H,3-18H2,1-2H3,(H,22,23,24);/q;+1/p-1. The molecule has 4 nitrogen and oxygen atoms in total. The molecular formula is C20H41NaO4S. The summed E-state index contributed by atoms with van der Waals surface area (Å²) in [5.74, 6) is 0. The van der Waals surface area contributed by atoms with Crippen LogP contribution in [-0.2, 0) is 10.1 Å². The van der Waals surface area contributed by atoms with E-state index in [4.69, 9.17) is 0 Å². The van der Waals surface area contributed by atoms with Crippen molar-refractivity contribution in [3.63, 3.8) is 0 Å². The summed E-state index contributed by atoms with van der Waals surface area (Å²) in [5.41, 5.74) is 0. The van der Waals surface area contributed by atoms with Crippen LogP contribution in [0.4, 0.5) is 0 Å². The molecule has 0 aliphatic rings. The van der Waals surface area contributed by atoms with Crippen molar-refractivity contribution in [2.45, 2.75) is 128 Å². The minimum atomic E-state index is -4.12. The van der Waals surface area contributed by atoms with E-state index in [-0.39, 0.29) is 35.7 Å². The number of unbranched alkanes of at least 4 members (excludes halogenated alkanes) is 10. The summed E-state index contributed by atoms with van der Waals surface area (Å²) >= 11 is 0. The van der Waals surface area contributed by atoms with Crippen molar-refractivity contribution in [1.82, 2.24) is 0 Å². The molecule has 0 aliphatic heterocycles. The second-order valence-electron chi connectivity index (χ2n) is 7.43. The predicted octanol–water partition coefficient (Wildman–Crippen LogP) is 2.55. The van der Waals surface area contributed by atoms with Crippen molar-refractivity contribution < 1.29 is 47.6 Å². The van der Waals surface area contributed by atoms with Gasteiger partial charge in [0.1, 0.15) is 0 Å². The molecule has 0 bridgehead atoms. The number of aliphatic hydroxyl groups excluding tert-OH is 1. The Morgan fingerprint density at radius 3 is 1.50 bits per heavy atom. The van der Waals surface area contributed by atoms with Gasteiger partial charge in [-0.2, -0.15) is 0 Å². The van der Waals surface area contributed by atoms with E-state index in [2.05, 4.69) is 0 Å². The number of hydrogen-bond acceptors (Lipinski definition) is 4. The van der Waals surface area contributed by atoms with E-state index in [9.17, 15) is 18.1 Å². The number of aliphatic hydroxyl groups is 1. The molecule has 0 spiro atoms. The van der Waals surface area contributed by atoms with Gasteiger partial charge in [0, 0.05) is 5.25 Å². The maximum atomic E-state index is 11.2. The van der Waals surface area contributed by atoms with Gasteiger partial charge in [0.2, 0.25) is 0 Å². The van der Waals surface area contributed by atoms with Gasteiger partial charge in [-0.05, 0) is 25.7 Å². The monoisotopic (exact) mass is 400 g/mol. The van der Waals surface area contributed by atoms with Gasteiger partial charge in [0.05, 0.1) is 16.2 Å². The van der Waals surface area contributed by atoms with Crippen LogP contribution >= 0.6 is 0 Å². The first-order chi connectivity index (χ1) is 11.9. The Bertz CT molecular complexity index is 387. The van der Waals surface area contributed by atoms with E-state index >= 15 is 0 Å². The van der Waals surface area contributed by atoms with Crippen LogP contribution in [0.3, 0.4) is 0 Å². The minimum absolute atomic E-state index is 0. The van der Waals surface area contributed by atoms with Crippen molar-refractivity contribution in [1.29, 1.82) is 0 Å². The molecule has 0 heterocycles. The summed E-state index contributed by atoms with van der Waals surface area (Å²) in [6.45, 7) is 4.04. The topological polar surface area (TPSA) is 77.4 Å². The van der Waals surface area contributed by atoms with Crippen LogP contribution in [0.25, 0.3) is 0 Å². The third kappa shape index (κ3) is 18.2. The van der Waals surface area contributed by atoms with Gasteiger partial charge in [-0.1, -0.05) is 90.9 Å². The zero-order valence-corrected chi connectivity index (χ0v) is 20.4. The Morgan fingerprint density at radius 1 is 0.731 bits per heavy atom. The molecule has 0 rings (SSSR count). The van der Waals surface area contributed by atoms with Crippen LogP contribution in [0.2, 0.25) is 0 Å². The second-order valence-corrected chi connectivity index (χ2v) is 9.08. The van der Waals surface area contributed by atoms with E-state index < -0.39 is 15.4 Å². The van der Waals surface area contributed by atoms with Gasteiger partial charge in [-0.15, -0.1) is 0 Å². The van der Waals surface area contributed by atoms with Crippen LogP contribution in [-0.4, -0.2) is 29.4 Å². The van der Waals surface area contributed by atoms with Gasteiger partial charge in [-0.25, -0.2) is 8.42 Å². The zero-order chi connectivity index (χ0) is 19.0. The Labute approximate surface area is 185 Å². The molecule has 6 heteroatoms. The molecule has 0 radical (unpaired) electrons. The third-order valence-electron chi connectivity index (χ3n) is 5.07. The summed E-state index contributed by atoms with van der Waals surface area (Å²) in [7, 11) is -4.12. The van der Waals surface area contributed by atoms with Crippen molar-refractivity contribution in [2.24, 2.45) is 0 Å². The van der Waals surface area contributed by atoms with Gasteiger partial charge in [-0.3, -0.25) is 0 Å². The molecule has 0 aromatic heterocycles. The smallest absolute Gasteiger partial charge is 0.748 e. The fraction of sp³-hybridized carbons (Fsp3) is 1.00. The first-order valence-corrected chi connectivity index (χ1v) is 12.0. The van der Waals surface area contributed by atoms with Crippen LogP contribution in [0, 0.1) is 0 Å². The molecular weight excluding hydrogens is 359 g/mol. The summed E-state index contributed by atoms with van der Waals surface area (Å²) in [6, 6.07) is 0. The first kappa shape index (κ1) is 29.1. The molecule has 0 aromatic carbocycles. The van der Waals surface area contributed by atoms with Gasteiger partial charge >= 0.3 is 29.6 Å². The average molecular weight is 401 g/mol. The fourth-order valence-electron chi connectivity index (χ4n) is 3.24. The fourth-order valence-corrected chi connectivity index (χ4v) is 4.15. The third-order valence-corrected chi connectivity index (χ3v) is 6.36. The molecule has 0 fully saturated rings. The summed E-state index contributed by atoms with van der Waals surface area (Å²) in [6.07, 6.45) is 16.2. The quantitative estimate of drug-likeness (QED) is 0.218. The van der Waals surface area contributed by atoms with E-state index in [1.807, 2.05) is 13.8 Å². The molecule has 0 saturated heterocycles. The second kappa shape index (κ2) is 19.2. The molecule has 0 aromatic rings. The zero-order valence-electron chi connectivity index (χ0n) is 17.5. The maximum absolute atomic E-state index is 11.2. The van der Waals surface area contributed by atoms with Crippen molar-refractivity contribution in [3.8, 4) is 0 Å². The Morgan fingerprint density at radius 2 is 1.12 bits per heavy atom. The van der Waals surface area contributed by atoms with E-state index in [1.54, 1.807) is 0 Å². The van der Waals surface area contributed by atoms with Crippen LogP contribution in [0.15, 0.2) is 0 Å². The average Bonchev–Trinajstić information content (AvgIpc) is 2.56. The Hall–Kier alpha value is 0.870. The van der Waals surface area contributed by atoms with E-state index in [0.717, 1.165) is 51.4 Å². The largest absolute Gasteiger partial charge is 1.00 e. The van der Waals surface area contributed by atoms with Gasteiger partial charge in [0.25, 0.3) is 0 Å². The number of rotatable bonds is 18. The Kier molecular flexibility index (Phi) is 21.5. The number of hydrogen-bond donors (Lipinski definition) is 1. The Balaban J connectivity index is 0. The van der Waals surface area contributed by atoms with E-state index in [1.165, 1.54) is 38.5 Å². The van der Waals surface area contributed by atoms with Crippen LogP contribution < -0.4 is 29.6 Å². The summed E-state index contributed by atoms with van der Waals surface area (Å²) in [4.78, 5) is 0. The van der Waals surface area contributed by atoms with Crippen molar-refractivity contribution >= 4 is 10.1 Å². The van der Waals surface area contributed by atoms with Gasteiger partial charge in [0.15, 0.2) is 0 Å². The summed E-state index contributed by atoms with van der Waals surface area (Å²) < 4.78 is 33.7. The molecule has 2 atom stereocenters. The maximum Gasteiger partial charge on any atom is 1.00 e. The van der Waals surface area contributed by atoms with Crippen LogP contribution in [0.5, 0.6) is 0 Å². The molecule has 0 aliphatic carbocycles.